The smallest absolute Gasteiger partial charge is 0.0831 e. The van der Waals surface area contributed by atoms with Gasteiger partial charge in [0.2, 0.25) is 0 Å². The van der Waals surface area contributed by atoms with Gasteiger partial charge in [-0.1, -0.05) is 61.7 Å². The Labute approximate surface area is 128 Å². The molecule has 2 rings (SSSR count). The second kappa shape index (κ2) is 6.20. The van der Waals surface area contributed by atoms with Crippen molar-refractivity contribution in [3.05, 3.63) is 67.6 Å². The van der Waals surface area contributed by atoms with E-state index in [9.17, 15) is 5.11 Å². The van der Waals surface area contributed by atoms with E-state index in [1.165, 1.54) is 0 Å². The lowest BCUT2D eigenvalue weighted by atomic mass is 10.0. The molecule has 0 saturated carbocycles. The van der Waals surface area contributed by atoms with Gasteiger partial charge in [0.15, 0.2) is 0 Å². The average Bonchev–Trinajstić information content (AvgIpc) is 2.31. The Morgan fingerprint density at radius 2 is 1.83 bits per heavy atom. The van der Waals surface area contributed by atoms with Crippen LogP contribution >= 0.6 is 43.5 Å². The third kappa shape index (κ3) is 3.58. The molecule has 0 fully saturated rings. The maximum atomic E-state index is 10.2. The summed E-state index contributed by atoms with van der Waals surface area (Å²) in [7, 11) is 0. The fraction of sp³-hybridized carbons (Fsp3) is 0.143. The second-order valence-corrected chi connectivity index (χ2v) is 6.22. The van der Waals surface area contributed by atoms with Crippen LogP contribution in [0.15, 0.2) is 51.4 Å². The Kier molecular flexibility index (Phi) is 4.84. The molecular weight excluding hydrogens is 379 g/mol. The fourth-order valence-corrected chi connectivity index (χ4v) is 3.09. The van der Waals surface area contributed by atoms with Gasteiger partial charge in [0.1, 0.15) is 0 Å². The standard InChI is InChI=1S/C14H11Br2ClO/c15-11-5-10(6-12(17)8-11)14(18)7-9-3-1-2-4-13(9)16/h1-6,8,14,18H,7H2. The summed E-state index contributed by atoms with van der Waals surface area (Å²) in [6.45, 7) is 0. The van der Waals surface area contributed by atoms with Gasteiger partial charge in [-0.3, -0.25) is 0 Å². The highest BCUT2D eigenvalue weighted by Gasteiger charge is 2.11. The van der Waals surface area contributed by atoms with Gasteiger partial charge in [-0.15, -0.1) is 0 Å². The van der Waals surface area contributed by atoms with Crippen LogP contribution in [0.25, 0.3) is 0 Å². The van der Waals surface area contributed by atoms with Crippen LogP contribution in [0, 0.1) is 0 Å². The average molecular weight is 391 g/mol. The highest BCUT2D eigenvalue weighted by Crippen LogP contribution is 2.27. The molecule has 2 aromatic rings. The highest BCUT2D eigenvalue weighted by atomic mass is 79.9. The number of aliphatic hydroxyl groups excluding tert-OH is 1. The van der Waals surface area contributed by atoms with Crippen LogP contribution in [-0.2, 0) is 6.42 Å². The molecule has 4 heteroatoms. The zero-order chi connectivity index (χ0) is 13.1. The van der Waals surface area contributed by atoms with Crippen molar-refractivity contribution in [2.45, 2.75) is 12.5 Å². The van der Waals surface area contributed by atoms with Crippen molar-refractivity contribution in [2.24, 2.45) is 0 Å². The van der Waals surface area contributed by atoms with Crippen LogP contribution in [0.3, 0.4) is 0 Å². The molecule has 0 bridgehead atoms. The summed E-state index contributed by atoms with van der Waals surface area (Å²) in [4.78, 5) is 0. The molecule has 0 spiro atoms. The Hall–Kier alpha value is -0.350. The highest BCUT2D eigenvalue weighted by molar-refractivity contribution is 9.10. The number of halogens is 3. The molecule has 94 valence electrons. The maximum absolute atomic E-state index is 10.2. The van der Waals surface area contributed by atoms with Gasteiger partial charge in [-0.2, -0.15) is 0 Å². The first kappa shape index (κ1) is 14.1. The summed E-state index contributed by atoms with van der Waals surface area (Å²) in [5.41, 5.74) is 1.88. The summed E-state index contributed by atoms with van der Waals surface area (Å²) in [5.74, 6) is 0. The third-order valence-corrected chi connectivity index (χ3v) is 4.09. The summed E-state index contributed by atoms with van der Waals surface area (Å²) in [6.07, 6.45) is -0.0208. The molecule has 0 amide bonds. The van der Waals surface area contributed by atoms with E-state index in [0.29, 0.717) is 11.4 Å². The van der Waals surface area contributed by atoms with E-state index in [-0.39, 0.29) is 0 Å². The molecule has 18 heavy (non-hydrogen) atoms. The number of hydrogen-bond donors (Lipinski definition) is 1. The Morgan fingerprint density at radius 3 is 2.50 bits per heavy atom. The quantitative estimate of drug-likeness (QED) is 0.769. The number of aliphatic hydroxyl groups is 1. The van der Waals surface area contributed by atoms with E-state index >= 15 is 0 Å². The SMILES string of the molecule is OC(Cc1ccccc1Br)c1cc(Cl)cc(Br)c1. The van der Waals surface area contributed by atoms with Gasteiger partial charge in [0.25, 0.3) is 0 Å². The second-order valence-electron chi connectivity index (χ2n) is 4.01. The molecule has 0 aromatic heterocycles. The molecule has 0 aliphatic rings. The number of rotatable bonds is 3. The first-order chi connectivity index (χ1) is 8.56. The monoisotopic (exact) mass is 388 g/mol. The first-order valence-corrected chi connectivity index (χ1v) is 7.40. The molecular formula is C14H11Br2ClO. The number of hydrogen-bond acceptors (Lipinski definition) is 1. The fourth-order valence-electron chi connectivity index (χ4n) is 1.76. The molecule has 0 saturated heterocycles. The molecule has 1 nitrogen and oxygen atoms in total. The minimum Gasteiger partial charge on any atom is -0.388 e. The van der Waals surface area contributed by atoms with E-state index in [2.05, 4.69) is 31.9 Å². The van der Waals surface area contributed by atoms with Crippen LogP contribution in [0.5, 0.6) is 0 Å². The predicted octanol–water partition coefficient (Wildman–Crippen LogP) is 5.14. The lowest BCUT2D eigenvalue weighted by molar-refractivity contribution is 0.178. The van der Waals surface area contributed by atoms with E-state index < -0.39 is 6.10 Å². The van der Waals surface area contributed by atoms with E-state index in [1.807, 2.05) is 30.3 Å². The molecule has 1 N–H and O–H groups in total. The summed E-state index contributed by atoms with van der Waals surface area (Å²) in [6, 6.07) is 13.3. The minimum absolute atomic E-state index is 0.550. The van der Waals surface area contributed by atoms with E-state index in [4.69, 9.17) is 11.6 Å². The lowest BCUT2D eigenvalue weighted by Gasteiger charge is -2.13. The van der Waals surface area contributed by atoms with Crippen molar-refractivity contribution in [3.63, 3.8) is 0 Å². The van der Waals surface area contributed by atoms with Crippen LogP contribution < -0.4 is 0 Å². The first-order valence-electron chi connectivity index (χ1n) is 5.44. The van der Waals surface area contributed by atoms with E-state index in [0.717, 1.165) is 20.1 Å². The topological polar surface area (TPSA) is 20.2 Å². The van der Waals surface area contributed by atoms with Crippen molar-refractivity contribution in [2.75, 3.05) is 0 Å². The van der Waals surface area contributed by atoms with Crippen LogP contribution in [0.4, 0.5) is 0 Å². The molecule has 2 aromatic carbocycles. The van der Waals surface area contributed by atoms with Crippen LogP contribution in [0.1, 0.15) is 17.2 Å². The van der Waals surface area contributed by atoms with Crippen LogP contribution in [-0.4, -0.2) is 5.11 Å². The van der Waals surface area contributed by atoms with Gasteiger partial charge in [-0.25, -0.2) is 0 Å². The van der Waals surface area contributed by atoms with Crippen molar-refractivity contribution in [1.29, 1.82) is 0 Å². The minimum atomic E-state index is -0.571. The van der Waals surface area contributed by atoms with Gasteiger partial charge in [0, 0.05) is 20.4 Å². The molecule has 0 radical (unpaired) electrons. The normalized spacial score (nSPS) is 12.4. The summed E-state index contributed by atoms with van der Waals surface area (Å²) < 4.78 is 1.88. The van der Waals surface area contributed by atoms with Gasteiger partial charge in [0.05, 0.1) is 6.10 Å². The van der Waals surface area contributed by atoms with Crippen LogP contribution in [0.2, 0.25) is 5.02 Å². The number of benzene rings is 2. The lowest BCUT2D eigenvalue weighted by Crippen LogP contribution is -2.02. The van der Waals surface area contributed by atoms with E-state index in [1.54, 1.807) is 12.1 Å². The third-order valence-electron chi connectivity index (χ3n) is 2.64. The molecule has 0 aliphatic carbocycles. The van der Waals surface area contributed by atoms with Gasteiger partial charge >= 0.3 is 0 Å². The largest absolute Gasteiger partial charge is 0.388 e. The van der Waals surface area contributed by atoms with Gasteiger partial charge < -0.3 is 5.11 Å². The molecule has 1 atom stereocenters. The van der Waals surface area contributed by atoms with Gasteiger partial charge in [-0.05, 0) is 35.4 Å². The predicted molar refractivity (Wildman–Crippen MR) is 82.0 cm³/mol. The molecule has 0 heterocycles. The summed E-state index contributed by atoms with van der Waals surface area (Å²) >= 11 is 12.8. The van der Waals surface area contributed by atoms with Crippen molar-refractivity contribution in [3.8, 4) is 0 Å². The Morgan fingerprint density at radius 1 is 1.11 bits per heavy atom. The molecule has 0 aliphatic heterocycles. The Bertz CT molecular complexity index is 537. The maximum Gasteiger partial charge on any atom is 0.0831 e. The van der Waals surface area contributed by atoms with Crippen molar-refractivity contribution in [1.82, 2.24) is 0 Å². The van der Waals surface area contributed by atoms with Crippen molar-refractivity contribution >= 4 is 43.5 Å². The zero-order valence-electron chi connectivity index (χ0n) is 9.41. The van der Waals surface area contributed by atoms with Crippen molar-refractivity contribution < 1.29 is 5.11 Å². The summed E-state index contributed by atoms with van der Waals surface area (Å²) in [5, 5.41) is 10.9. The zero-order valence-corrected chi connectivity index (χ0v) is 13.3. The molecule has 1 unspecified atom stereocenters. The Balaban J connectivity index is 2.22.